The van der Waals surface area contributed by atoms with Gasteiger partial charge in [0, 0.05) is 13.2 Å². The Kier molecular flexibility index (Phi) is 8.88. The molecule has 7 heteroatoms. The van der Waals surface area contributed by atoms with E-state index in [1.54, 1.807) is 11.0 Å². The van der Waals surface area contributed by atoms with Crippen LogP contribution in [0.5, 0.6) is 5.75 Å². The van der Waals surface area contributed by atoms with Crippen molar-refractivity contribution in [1.82, 2.24) is 4.90 Å². The second-order valence-corrected chi connectivity index (χ2v) is 8.59. The Bertz CT molecular complexity index is 853. The van der Waals surface area contributed by atoms with Crippen LogP contribution in [-0.2, 0) is 4.74 Å². The number of ether oxygens (including phenoxy) is 2. The second kappa shape index (κ2) is 11.8. The number of nitrogens with one attached hydrogen (secondary N) is 1. The zero-order valence-corrected chi connectivity index (χ0v) is 18.8. The van der Waals surface area contributed by atoms with Crippen LogP contribution in [0, 0.1) is 11.7 Å². The molecule has 174 valence electrons. The fraction of sp³-hybridized carbons (Fsp3) is 0.480. The van der Waals surface area contributed by atoms with E-state index in [9.17, 15) is 14.3 Å². The third-order valence-corrected chi connectivity index (χ3v) is 5.35. The van der Waals surface area contributed by atoms with Crippen molar-refractivity contribution >= 4 is 11.7 Å². The molecule has 0 aliphatic carbocycles. The molecule has 0 spiro atoms. The highest BCUT2D eigenvalue weighted by atomic mass is 19.1. The quantitative estimate of drug-likeness (QED) is 0.571. The number of para-hydroxylation sites is 2. The van der Waals surface area contributed by atoms with Crippen molar-refractivity contribution in [3.05, 3.63) is 59.9 Å². The highest BCUT2D eigenvalue weighted by Gasteiger charge is 2.21. The van der Waals surface area contributed by atoms with Crippen LogP contribution in [0.15, 0.2) is 48.5 Å². The average molecular weight is 445 g/mol. The van der Waals surface area contributed by atoms with Gasteiger partial charge in [0.2, 0.25) is 0 Å². The number of aliphatic hydroxyl groups is 1. The number of carbonyl (C=O) groups excluding carboxylic acids is 1. The molecule has 2 amide bonds. The molecule has 0 radical (unpaired) electrons. The lowest BCUT2D eigenvalue weighted by molar-refractivity contribution is -0.0109. The predicted octanol–water partition coefficient (Wildman–Crippen LogP) is 5.00. The highest BCUT2D eigenvalue weighted by Crippen LogP contribution is 2.26. The van der Waals surface area contributed by atoms with Gasteiger partial charge in [0.05, 0.1) is 24.4 Å². The Morgan fingerprint density at radius 2 is 1.94 bits per heavy atom. The predicted molar refractivity (Wildman–Crippen MR) is 122 cm³/mol. The lowest BCUT2D eigenvalue weighted by Gasteiger charge is -2.28. The van der Waals surface area contributed by atoms with Gasteiger partial charge in [-0.15, -0.1) is 0 Å². The zero-order valence-electron chi connectivity index (χ0n) is 18.8. The van der Waals surface area contributed by atoms with Gasteiger partial charge in [-0.1, -0.05) is 38.1 Å². The fourth-order valence-corrected chi connectivity index (χ4v) is 3.69. The first-order valence-electron chi connectivity index (χ1n) is 11.2. The minimum absolute atomic E-state index is 0.0656. The van der Waals surface area contributed by atoms with Gasteiger partial charge in [-0.3, -0.25) is 0 Å². The van der Waals surface area contributed by atoms with Crippen LogP contribution < -0.4 is 10.1 Å². The van der Waals surface area contributed by atoms with Crippen LogP contribution >= 0.6 is 0 Å². The van der Waals surface area contributed by atoms with Gasteiger partial charge in [0.1, 0.15) is 18.2 Å². The average Bonchev–Trinajstić information content (AvgIpc) is 2.79. The molecular weight excluding hydrogens is 411 g/mol. The second-order valence-electron chi connectivity index (χ2n) is 8.59. The topological polar surface area (TPSA) is 71.0 Å². The van der Waals surface area contributed by atoms with E-state index in [-0.39, 0.29) is 30.4 Å². The van der Waals surface area contributed by atoms with Crippen LogP contribution in [-0.4, -0.2) is 48.4 Å². The number of halogens is 1. The van der Waals surface area contributed by atoms with E-state index in [4.69, 9.17) is 9.47 Å². The molecule has 1 heterocycles. The minimum Gasteiger partial charge on any atom is -0.489 e. The number of nitrogens with zero attached hydrogens (tertiary/aromatic N) is 1. The number of rotatable bonds is 9. The Balaban J connectivity index is 1.65. The molecule has 2 aromatic rings. The van der Waals surface area contributed by atoms with Crippen LogP contribution in [0.2, 0.25) is 0 Å². The number of aliphatic hydroxyl groups excluding tert-OH is 1. The summed E-state index contributed by atoms with van der Waals surface area (Å²) in [6.07, 6.45) is 2.33. The third kappa shape index (κ3) is 7.21. The first-order valence-corrected chi connectivity index (χ1v) is 11.2. The highest BCUT2D eigenvalue weighted by molar-refractivity contribution is 5.91. The lowest BCUT2D eigenvalue weighted by Crippen LogP contribution is -2.40. The molecule has 2 aromatic carbocycles. The number of amides is 2. The van der Waals surface area contributed by atoms with E-state index in [2.05, 4.69) is 5.32 Å². The van der Waals surface area contributed by atoms with Crippen LogP contribution in [0.25, 0.3) is 0 Å². The Hall–Kier alpha value is -2.64. The van der Waals surface area contributed by atoms with Gasteiger partial charge in [0.15, 0.2) is 0 Å². The number of hydrogen-bond donors (Lipinski definition) is 2. The molecule has 2 atom stereocenters. The zero-order chi connectivity index (χ0) is 22.9. The number of urea groups is 1. The van der Waals surface area contributed by atoms with Gasteiger partial charge >= 0.3 is 6.03 Å². The summed E-state index contributed by atoms with van der Waals surface area (Å²) in [5.41, 5.74) is 1.13. The standard InChI is InChI=1S/C25H33FN2O4/c1-18(2)15-28(16-23(29)19-10-12-20(26)13-11-19)25(30)27-22-8-3-4-9-24(22)32-17-21-7-5-6-14-31-21/h3-4,8-13,18,21,23,29H,5-7,14-17H2,1-2H3,(H,27,30)/t21-,23+/m1/s1. The molecule has 1 fully saturated rings. The van der Waals surface area contributed by atoms with Crippen molar-refractivity contribution in [3.8, 4) is 5.75 Å². The molecule has 0 bridgehead atoms. The van der Waals surface area contributed by atoms with E-state index >= 15 is 0 Å². The lowest BCUT2D eigenvalue weighted by atomic mass is 10.1. The van der Waals surface area contributed by atoms with Crippen LogP contribution in [0.4, 0.5) is 14.9 Å². The van der Waals surface area contributed by atoms with Crippen molar-refractivity contribution < 1.29 is 23.8 Å². The van der Waals surface area contributed by atoms with E-state index in [0.29, 0.717) is 30.2 Å². The monoisotopic (exact) mass is 444 g/mol. The third-order valence-electron chi connectivity index (χ3n) is 5.35. The summed E-state index contributed by atoms with van der Waals surface area (Å²) < 4.78 is 24.9. The fourth-order valence-electron chi connectivity index (χ4n) is 3.69. The Morgan fingerprint density at radius 3 is 2.62 bits per heavy atom. The maximum atomic E-state index is 13.2. The van der Waals surface area contributed by atoms with E-state index in [1.165, 1.54) is 24.3 Å². The van der Waals surface area contributed by atoms with Crippen LogP contribution in [0.3, 0.4) is 0 Å². The molecule has 3 rings (SSSR count). The molecule has 1 aliphatic heterocycles. The smallest absolute Gasteiger partial charge is 0.322 e. The van der Waals surface area contributed by atoms with Gasteiger partial charge in [-0.2, -0.15) is 0 Å². The summed E-state index contributed by atoms with van der Waals surface area (Å²) in [5.74, 6) is 0.419. The molecule has 1 aliphatic rings. The molecule has 0 unspecified atom stereocenters. The van der Waals surface area contributed by atoms with E-state index < -0.39 is 6.10 Å². The van der Waals surface area contributed by atoms with Crippen LogP contribution in [0.1, 0.15) is 44.8 Å². The van der Waals surface area contributed by atoms with Crippen molar-refractivity contribution in [1.29, 1.82) is 0 Å². The molecule has 6 nitrogen and oxygen atoms in total. The molecule has 0 aromatic heterocycles. The number of carbonyl (C=O) groups is 1. The maximum absolute atomic E-state index is 13.2. The Morgan fingerprint density at radius 1 is 1.19 bits per heavy atom. The largest absolute Gasteiger partial charge is 0.489 e. The normalized spacial score (nSPS) is 17.1. The van der Waals surface area contributed by atoms with Crippen molar-refractivity contribution in [3.63, 3.8) is 0 Å². The molecule has 1 saturated heterocycles. The maximum Gasteiger partial charge on any atom is 0.322 e. The molecule has 0 saturated carbocycles. The summed E-state index contributed by atoms with van der Waals surface area (Å²) >= 11 is 0. The summed E-state index contributed by atoms with van der Waals surface area (Å²) in [5, 5.41) is 13.5. The SMILES string of the molecule is CC(C)CN(C[C@H](O)c1ccc(F)cc1)C(=O)Nc1ccccc1OC[C@H]1CCCCO1. The molecule has 2 N–H and O–H groups in total. The number of benzene rings is 2. The minimum atomic E-state index is -0.921. The van der Waals surface area contributed by atoms with Gasteiger partial charge in [-0.25, -0.2) is 9.18 Å². The van der Waals surface area contributed by atoms with Crippen molar-refractivity contribution in [2.24, 2.45) is 5.92 Å². The van der Waals surface area contributed by atoms with E-state index in [1.807, 2.05) is 32.0 Å². The molecule has 32 heavy (non-hydrogen) atoms. The number of hydrogen-bond acceptors (Lipinski definition) is 4. The van der Waals surface area contributed by atoms with Gasteiger partial charge < -0.3 is 24.8 Å². The van der Waals surface area contributed by atoms with E-state index in [0.717, 1.165) is 25.9 Å². The Labute approximate surface area is 189 Å². The summed E-state index contributed by atoms with van der Waals surface area (Å²) in [4.78, 5) is 14.7. The molecular formula is C25H33FN2O4. The van der Waals surface area contributed by atoms with Gasteiger partial charge in [0.25, 0.3) is 0 Å². The first-order chi connectivity index (χ1) is 15.4. The summed E-state index contributed by atoms with van der Waals surface area (Å²) in [6.45, 7) is 5.76. The number of anilines is 1. The van der Waals surface area contributed by atoms with Gasteiger partial charge in [-0.05, 0) is 55.0 Å². The summed E-state index contributed by atoms with van der Waals surface area (Å²) in [6, 6.07) is 12.6. The van der Waals surface area contributed by atoms with Crippen molar-refractivity contribution in [2.45, 2.75) is 45.3 Å². The summed E-state index contributed by atoms with van der Waals surface area (Å²) in [7, 11) is 0. The van der Waals surface area contributed by atoms with Crippen molar-refractivity contribution in [2.75, 3.05) is 31.6 Å². The first kappa shape index (κ1) is 24.0.